The van der Waals surface area contributed by atoms with Crippen LogP contribution in [0.3, 0.4) is 0 Å². The van der Waals surface area contributed by atoms with Crippen LogP contribution in [-0.4, -0.2) is 27.2 Å². The number of aryl methyl sites for hydroxylation is 1. The maximum atomic E-state index is 9.25. The monoisotopic (exact) mass is 231 g/mol. The van der Waals surface area contributed by atoms with Crippen molar-refractivity contribution in [2.45, 2.75) is 26.3 Å². The zero-order chi connectivity index (χ0) is 12.5. The molecule has 90 valence electrons. The number of hydrogen-bond donors (Lipinski definition) is 2. The number of aliphatic hydroxyl groups is 1. The third-order valence-corrected chi connectivity index (χ3v) is 2.60. The molecule has 0 unspecified atom stereocenters. The Hall–Kier alpha value is -1.68. The van der Waals surface area contributed by atoms with Crippen molar-refractivity contribution in [3.05, 3.63) is 30.0 Å². The molecule has 1 heterocycles. The second kappa shape index (κ2) is 4.30. The van der Waals surface area contributed by atoms with E-state index in [9.17, 15) is 5.11 Å². The molecular formula is C13H17N3O. The number of anilines is 1. The van der Waals surface area contributed by atoms with E-state index in [-0.39, 0.29) is 6.61 Å². The molecule has 0 fully saturated rings. The summed E-state index contributed by atoms with van der Waals surface area (Å²) in [4.78, 5) is 9.01. The quantitative estimate of drug-likeness (QED) is 0.849. The molecule has 2 rings (SSSR count). The third kappa shape index (κ3) is 2.53. The molecule has 0 radical (unpaired) electrons. The summed E-state index contributed by atoms with van der Waals surface area (Å²) in [7, 11) is 0. The first-order valence-electron chi connectivity index (χ1n) is 5.64. The van der Waals surface area contributed by atoms with Gasteiger partial charge in [0.25, 0.3) is 0 Å². The standard InChI is InChI=1S/C13H17N3O/c1-9-12(16-13(2,3)8-17)15-11-7-5-4-6-10(11)14-9/h4-7,17H,8H2,1-3H3,(H,15,16). The molecule has 2 N–H and O–H groups in total. The topological polar surface area (TPSA) is 58.0 Å². The lowest BCUT2D eigenvalue weighted by molar-refractivity contribution is 0.234. The maximum Gasteiger partial charge on any atom is 0.148 e. The van der Waals surface area contributed by atoms with Gasteiger partial charge in [0.05, 0.1) is 28.9 Å². The molecule has 0 saturated heterocycles. The largest absolute Gasteiger partial charge is 0.394 e. The summed E-state index contributed by atoms with van der Waals surface area (Å²) in [5, 5.41) is 12.5. The average molecular weight is 231 g/mol. The lowest BCUT2D eigenvalue weighted by atomic mass is 10.1. The molecule has 17 heavy (non-hydrogen) atoms. The van der Waals surface area contributed by atoms with E-state index in [1.54, 1.807) is 0 Å². The van der Waals surface area contributed by atoms with E-state index >= 15 is 0 Å². The van der Waals surface area contributed by atoms with Crippen molar-refractivity contribution < 1.29 is 5.11 Å². The van der Waals surface area contributed by atoms with Crippen molar-refractivity contribution in [2.75, 3.05) is 11.9 Å². The van der Waals surface area contributed by atoms with Gasteiger partial charge in [-0.15, -0.1) is 0 Å². The molecule has 0 amide bonds. The third-order valence-electron chi connectivity index (χ3n) is 2.60. The molecule has 2 aromatic rings. The zero-order valence-corrected chi connectivity index (χ0v) is 10.4. The number of para-hydroxylation sites is 2. The van der Waals surface area contributed by atoms with Gasteiger partial charge in [0.15, 0.2) is 0 Å². The van der Waals surface area contributed by atoms with Crippen molar-refractivity contribution in [1.82, 2.24) is 9.97 Å². The highest BCUT2D eigenvalue weighted by Crippen LogP contribution is 2.19. The van der Waals surface area contributed by atoms with Crippen LogP contribution in [0.5, 0.6) is 0 Å². The summed E-state index contributed by atoms with van der Waals surface area (Å²) in [6, 6.07) is 7.75. The van der Waals surface area contributed by atoms with Gasteiger partial charge < -0.3 is 10.4 Å². The van der Waals surface area contributed by atoms with E-state index < -0.39 is 5.54 Å². The van der Waals surface area contributed by atoms with Crippen molar-refractivity contribution in [1.29, 1.82) is 0 Å². The molecule has 0 aliphatic carbocycles. The molecular weight excluding hydrogens is 214 g/mol. The van der Waals surface area contributed by atoms with E-state index in [1.165, 1.54) is 0 Å². The van der Waals surface area contributed by atoms with E-state index in [4.69, 9.17) is 0 Å². The number of nitrogens with zero attached hydrogens (tertiary/aromatic N) is 2. The lowest BCUT2D eigenvalue weighted by Gasteiger charge is -2.25. The minimum absolute atomic E-state index is 0.0426. The van der Waals surface area contributed by atoms with Crippen molar-refractivity contribution in [3.8, 4) is 0 Å². The number of rotatable bonds is 3. The summed E-state index contributed by atoms with van der Waals surface area (Å²) in [6.07, 6.45) is 0. The normalized spacial score (nSPS) is 11.8. The number of aliphatic hydroxyl groups excluding tert-OH is 1. The van der Waals surface area contributed by atoms with Gasteiger partial charge in [-0.2, -0.15) is 0 Å². The molecule has 0 atom stereocenters. The van der Waals surface area contributed by atoms with Gasteiger partial charge in [-0.3, -0.25) is 0 Å². The Kier molecular flexibility index (Phi) is 2.98. The smallest absolute Gasteiger partial charge is 0.148 e. The highest BCUT2D eigenvalue weighted by molar-refractivity contribution is 5.76. The molecule has 0 spiro atoms. The predicted molar refractivity (Wildman–Crippen MR) is 69.1 cm³/mol. The van der Waals surface area contributed by atoms with E-state index in [2.05, 4.69) is 15.3 Å². The van der Waals surface area contributed by atoms with Gasteiger partial charge in [-0.05, 0) is 32.9 Å². The van der Waals surface area contributed by atoms with Crippen LogP contribution >= 0.6 is 0 Å². The Morgan fingerprint density at radius 2 is 1.76 bits per heavy atom. The number of aromatic nitrogens is 2. The van der Waals surface area contributed by atoms with Crippen LogP contribution in [0.25, 0.3) is 11.0 Å². The Morgan fingerprint density at radius 3 is 2.35 bits per heavy atom. The Bertz CT molecular complexity index is 537. The maximum absolute atomic E-state index is 9.25. The van der Waals surface area contributed by atoms with Crippen LogP contribution in [-0.2, 0) is 0 Å². The van der Waals surface area contributed by atoms with Gasteiger partial charge in [-0.25, -0.2) is 9.97 Å². The van der Waals surface area contributed by atoms with Gasteiger partial charge in [0.1, 0.15) is 5.82 Å². The summed E-state index contributed by atoms with van der Waals surface area (Å²) < 4.78 is 0. The fraction of sp³-hybridized carbons (Fsp3) is 0.385. The molecule has 1 aromatic heterocycles. The van der Waals surface area contributed by atoms with Crippen LogP contribution in [0.15, 0.2) is 24.3 Å². The minimum atomic E-state index is -0.401. The highest BCUT2D eigenvalue weighted by atomic mass is 16.3. The lowest BCUT2D eigenvalue weighted by Crippen LogP contribution is -2.35. The van der Waals surface area contributed by atoms with E-state index in [1.807, 2.05) is 45.0 Å². The van der Waals surface area contributed by atoms with Gasteiger partial charge in [-0.1, -0.05) is 12.1 Å². The second-order valence-corrected chi connectivity index (χ2v) is 4.81. The first kappa shape index (κ1) is 11.8. The summed E-state index contributed by atoms with van der Waals surface area (Å²) in [5.41, 5.74) is 2.18. The van der Waals surface area contributed by atoms with E-state index in [0.29, 0.717) is 0 Å². The molecule has 0 aliphatic heterocycles. The predicted octanol–water partition coefficient (Wildman–Crippen LogP) is 2.12. The van der Waals surface area contributed by atoms with Crippen LogP contribution in [0.2, 0.25) is 0 Å². The molecule has 1 aromatic carbocycles. The van der Waals surface area contributed by atoms with Crippen molar-refractivity contribution in [3.63, 3.8) is 0 Å². The van der Waals surface area contributed by atoms with Crippen LogP contribution < -0.4 is 5.32 Å². The van der Waals surface area contributed by atoms with Crippen LogP contribution in [0, 0.1) is 6.92 Å². The molecule has 4 heteroatoms. The highest BCUT2D eigenvalue weighted by Gasteiger charge is 2.18. The number of benzene rings is 1. The Balaban J connectivity index is 2.44. The number of nitrogens with one attached hydrogen (secondary N) is 1. The van der Waals surface area contributed by atoms with Gasteiger partial charge >= 0.3 is 0 Å². The summed E-state index contributed by atoms with van der Waals surface area (Å²) in [5.74, 6) is 0.725. The number of hydrogen-bond acceptors (Lipinski definition) is 4. The number of fused-ring (bicyclic) bond motifs is 1. The average Bonchev–Trinajstić information content (AvgIpc) is 2.30. The van der Waals surface area contributed by atoms with Crippen LogP contribution in [0.1, 0.15) is 19.5 Å². The molecule has 0 bridgehead atoms. The van der Waals surface area contributed by atoms with Gasteiger partial charge in [0, 0.05) is 0 Å². The van der Waals surface area contributed by atoms with E-state index in [0.717, 1.165) is 22.5 Å². The summed E-state index contributed by atoms with van der Waals surface area (Å²) in [6.45, 7) is 5.79. The first-order chi connectivity index (χ1) is 8.02. The second-order valence-electron chi connectivity index (χ2n) is 4.81. The summed E-state index contributed by atoms with van der Waals surface area (Å²) >= 11 is 0. The zero-order valence-electron chi connectivity index (χ0n) is 10.4. The Labute approximate surface area is 101 Å². The minimum Gasteiger partial charge on any atom is -0.394 e. The molecule has 0 saturated carbocycles. The van der Waals surface area contributed by atoms with Crippen LogP contribution in [0.4, 0.5) is 5.82 Å². The SMILES string of the molecule is Cc1nc2ccccc2nc1NC(C)(C)CO. The first-order valence-corrected chi connectivity index (χ1v) is 5.64. The fourth-order valence-corrected chi connectivity index (χ4v) is 1.57. The Morgan fingerprint density at radius 1 is 1.18 bits per heavy atom. The molecule has 0 aliphatic rings. The fourth-order valence-electron chi connectivity index (χ4n) is 1.57. The van der Waals surface area contributed by atoms with Gasteiger partial charge in [0.2, 0.25) is 0 Å². The van der Waals surface area contributed by atoms with Crippen molar-refractivity contribution in [2.24, 2.45) is 0 Å². The van der Waals surface area contributed by atoms with Crippen molar-refractivity contribution >= 4 is 16.9 Å². The molecule has 4 nitrogen and oxygen atoms in total.